The van der Waals surface area contributed by atoms with Gasteiger partial charge in [-0.1, -0.05) is 0 Å². The molecule has 0 unspecified atom stereocenters. The summed E-state index contributed by atoms with van der Waals surface area (Å²) in [5.74, 6) is -1.93. The van der Waals surface area contributed by atoms with E-state index >= 15 is 0 Å². The van der Waals surface area contributed by atoms with Crippen molar-refractivity contribution in [1.82, 2.24) is 4.98 Å². The van der Waals surface area contributed by atoms with Crippen LogP contribution in [0.3, 0.4) is 0 Å². The molecule has 0 bridgehead atoms. The van der Waals surface area contributed by atoms with Gasteiger partial charge < -0.3 is 14.6 Å². The highest BCUT2D eigenvalue weighted by Crippen LogP contribution is 2.35. The lowest BCUT2D eigenvalue weighted by atomic mass is 10.1. The number of methoxy groups -OCH3 is 2. The number of aromatic hydroxyl groups is 1. The molecule has 0 aliphatic rings. The Bertz CT molecular complexity index is 409. The van der Waals surface area contributed by atoms with E-state index in [4.69, 9.17) is 0 Å². The molecule has 0 spiro atoms. The van der Waals surface area contributed by atoms with Crippen molar-refractivity contribution < 1.29 is 28.2 Å². The summed E-state index contributed by atoms with van der Waals surface area (Å²) in [5.41, 5.74) is -1.36. The molecule has 0 aromatic carbocycles. The SMILES string of the molecule is COC(=O)c1c(C(F)F)ncc(O)c1OC. The molecule has 1 rings (SSSR count). The molecule has 0 atom stereocenters. The number of carbonyl (C=O) groups excluding carboxylic acids is 1. The molecule has 0 radical (unpaired) electrons. The van der Waals surface area contributed by atoms with Crippen LogP contribution in [0.4, 0.5) is 8.78 Å². The number of pyridine rings is 1. The monoisotopic (exact) mass is 233 g/mol. The van der Waals surface area contributed by atoms with E-state index in [1.54, 1.807) is 0 Å². The van der Waals surface area contributed by atoms with Crippen LogP contribution in [-0.2, 0) is 4.74 Å². The van der Waals surface area contributed by atoms with Crippen molar-refractivity contribution in [1.29, 1.82) is 0 Å². The third-order valence-electron chi connectivity index (χ3n) is 1.84. The number of rotatable bonds is 3. The summed E-state index contributed by atoms with van der Waals surface area (Å²) in [7, 11) is 2.16. The summed E-state index contributed by atoms with van der Waals surface area (Å²) in [6.07, 6.45) is -2.18. The van der Waals surface area contributed by atoms with Crippen molar-refractivity contribution in [3.05, 3.63) is 17.5 Å². The van der Waals surface area contributed by atoms with E-state index in [9.17, 15) is 18.7 Å². The van der Waals surface area contributed by atoms with Crippen LogP contribution in [0.15, 0.2) is 6.20 Å². The van der Waals surface area contributed by atoms with Gasteiger partial charge in [-0.15, -0.1) is 0 Å². The van der Waals surface area contributed by atoms with Gasteiger partial charge in [0.05, 0.1) is 20.4 Å². The van der Waals surface area contributed by atoms with Gasteiger partial charge in [-0.3, -0.25) is 4.98 Å². The molecule has 0 fully saturated rings. The van der Waals surface area contributed by atoms with E-state index in [2.05, 4.69) is 14.5 Å². The fourth-order valence-electron chi connectivity index (χ4n) is 1.17. The third-order valence-corrected chi connectivity index (χ3v) is 1.84. The highest BCUT2D eigenvalue weighted by molar-refractivity contribution is 5.94. The lowest BCUT2D eigenvalue weighted by Crippen LogP contribution is -2.10. The topological polar surface area (TPSA) is 68.7 Å². The molecule has 0 saturated heterocycles. The lowest BCUT2D eigenvalue weighted by molar-refractivity contribution is 0.0581. The molecule has 0 aliphatic carbocycles. The summed E-state index contributed by atoms with van der Waals surface area (Å²) in [4.78, 5) is 14.6. The first-order valence-corrected chi connectivity index (χ1v) is 4.15. The molecule has 88 valence electrons. The van der Waals surface area contributed by atoms with Crippen LogP contribution >= 0.6 is 0 Å². The maximum absolute atomic E-state index is 12.6. The third kappa shape index (κ3) is 2.02. The minimum atomic E-state index is -2.97. The van der Waals surface area contributed by atoms with Crippen molar-refractivity contribution >= 4 is 5.97 Å². The van der Waals surface area contributed by atoms with Gasteiger partial charge in [0.1, 0.15) is 11.3 Å². The zero-order valence-electron chi connectivity index (χ0n) is 8.53. The Balaban J connectivity index is 3.47. The van der Waals surface area contributed by atoms with Crippen LogP contribution in [0.5, 0.6) is 11.5 Å². The van der Waals surface area contributed by atoms with Crippen molar-refractivity contribution in [2.45, 2.75) is 6.43 Å². The summed E-state index contributed by atoms with van der Waals surface area (Å²) in [5, 5.41) is 9.30. The largest absolute Gasteiger partial charge is 0.503 e. The smallest absolute Gasteiger partial charge is 0.343 e. The van der Waals surface area contributed by atoms with Gasteiger partial charge in [0.2, 0.25) is 0 Å². The second kappa shape index (κ2) is 4.73. The molecule has 16 heavy (non-hydrogen) atoms. The highest BCUT2D eigenvalue weighted by Gasteiger charge is 2.27. The first-order chi connectivity index (χ1) is 7.52. The first kappa shape index (κ1) is 12.2. The van der Waals surface area contributed by atoms with Gasteiger partial charge in [-0.25, -0.2) is 13.6 Å². The molecule has 0 amide bonds. The highest BCUT2D eigenvalue weighted by atomic mass is 19.3. The molecule has 0 aliphatic heterocycles. The molecule has 1 N–H and O–H groups in total. The van der Waals surface area contributed by atoms with Crippen molar-refractivity contribution in [2.75, 3.05) is 14.2 Å². The summed E-state index contributed by atoms with van der Waals surface area (Å²) >= 11 is 0. The average Bonchev–Trinajstić information content (AvgIpc) is 2.27. The van der Waals surface area contributed by atoms with Gasteiger partial charge in [-0.05, 0) is 0 Å². The van der Waals surface area contributed by atoms with Crippen LogP contribution in [0.25, 0.3) is 0 Å². The Morgan fingerprint density at radius 1 is 1.50 bits per heavy atom. The zero-order valence-corrected chi connectivity index (χ0v) is 8.53. The number of halogens is 2. The van der Waals surface area contributed by atoms with Crippen molar-refractivity contribution in [2.24, 2.45) is 0 Å². The fourth-order valence-corrected chi connectivity index (χ4v) is 1.17. The fraction of sp³-hybridized carbons (Fsp3) is 0.333. The van der Waals surface area contributed by atoms with E-state index < -0.39 is 29.4 Å². The maximum atomic E-state index is 12.6. The number of nitrogens with zero attached hydrogens (tertiary/aromatic N) is 1. The Hall–Kier alpha value is -1.92. The quantitative estimate of drug-likeness (QED) is 0.801. The van der Waals surface area contributed by atoms with Crippen LogP contribution in [0.1, 0.15) is 22.5 Å². The molecular weight excluding hydrogens is 224 g/mol. The van der Waals surface area contributed by atoms with E-state index in [1.165, 1.54) is 0 Å². The molecule has 1 heterocycles. The number of esters is 1. The molecule has 1 aromatic rings. The second-order valence-corrected chi connectivity index (χ2v) is 2.73. The maximum Gasteiger partial charge on any atom is 0.343 e. The Labute approximate surface area is 89.6 Å². The molecule has 5 nitrogen and oxygen atoms in total. The zero-order chi connectivity index (χ0) is 12.3. The van der Waals surface area contributed by atoms with E-state index in [0.717, 1.165) is 20.4 Å². The number of alkyl halides is 2. The predicted octanol–water partition coefficient (Wildman–Crippen LogP) is 1.52. The minimum Gasteiger partial charge on any atom is -0.503 e. The molecule has 7 heteroatoms. The van der Waals surface area contributed by atoms with Gasteiger partial charge in [0, 0.05) is 0 Å². The summed E-state index contributed by atoms with van der Waals surface area (Å²) in [6, 6.07) is 0. The van der Waals surface area contributed by atoms with Gasteiger partial charge in [0.15, 0.2) is 11.5 Å². The molecule has 0 saturated carbocycles. The van der Waals surface area contributed by atoms with Crippen LogP contribution in [0.2, 0.25) is 0 Å². The summed E-state index contributed by atoms with van der Waals surface area (Å²) < 4.78 is 34.1. The Morgan fingerprint density at radius 2 is 2.12 bits per heavy atom. The Morgan fingerprint density at radius 3 is 2.56 bits per heavy atom. The van der Waals surface area contributed by atoms with Crippen LogP contribution in [-0.4, -0.2) is 30.3 Å². The number of carbonyl (C=O) groups is 1. The van der Waals surface area contributed by atoms with E-state index in [0.29, 0.717) is 0 Å². The standard InChI is InChI=1S/C9H9F2NO4/c1-15-7-4(13)3-12-6(8(10)11)5(7)9(14)16-2/h3,8,13H,1-2H3. The number of aromatic nitrogens is 1. The van der Waals surface area contributed by atoms with Gasteiger partial charge in [0.25, 0.3) is 6.43 Å². The van der Waals surface area contributed by atoms with E-state index in [1.807, 2.05) is 0 Å². The Kier molecular flexibility index (Phi) is 3.60. The van der Waals surface area contributed by atoms with Crippen LogP contribution < -0.4 is 4.74 Å². The first-order valence-electron chi connectivity index (χ1n) is 4.15. The van der Waals surface area contributed by atoms with Gasteiger partial charge in [-0.2, -0.15) is 0 Å². The second-order valence-electron chi connectivity index (χ2n) is 2.73. The number of hydrogen-bond acceptors (Lipinski definition) is 5. The van der Waals surface area contributed by atoms with E-state index in [-0.39, 0.29) is 5.75 Å². The van der Waals surface area contributed by atoms with Crippen molar-refractivity contribution in [3.63, 3.8) is 0 Å². The lowest BCUT2D eigenvalue weighted by Gasteiger charge is -2.11. The average molecular weight is 233 g/mol. The number of hydrogen-bond donors (Lipinski definition) is 1. The minimum absolute atomic E-state index is 0.378. The van der Waals surface area contributed by atoms with Crippen LogP contribution in [0, 0.1) is 0 Å². The predicted molar refractivity (Wildman–Crippen MR) is 48.8 cm³/mol. The molecule has 1 aromatic heterocycles. The molecular formula is C9H9F2NO4. The summed E-state index contributed by atoms with van der Waals surface area (Å²) in [6.45, 7) is 0. The number of ether oxygens (including phenoxy) is 2. The van der Waals surface area contributed by atoms with Gasteiger partial charge >= 0.3 is 5.97 Å². The normalized spacial score (nSPS) is 10.3. The van der Waals surface area contributed by atoms with Crippen molar-refractivity contribution in [3.8, 4) is 11.5 Å².